The monoisotopic (exact) mass is 328 g/mol. The summed E-state index contributed by atoms with van der Waals surface area (Å²) in [5.74, 6) is -1.18. The van der Waals surface area contributed by atoms with Crippen LogP contribution in [0.4, 0.5) is 0 Å². The number of cyclic esters (lactones) is 2. The molecule has 6 nitrogen and oxygen atoms in total. The molecule has 0 aromatic rings. The normalized spacial score (nSPS) is 36.8. The Kier molecular flexibility index (Phi) is 4.42. The van der Waals surface area contributed by atoms with E-state index in [2.05, 4.69) is 0 Å². The lowest BCUT2D eigenvalue weighted by Gasteiger charge is -2.36. The Morgan fingerprint density at radius 1 is 0.909 bits per heavy atom. The number of hydrogen-bond acceptors (Lipinski definition) is 6. The average molecular weight is 328 g/mol. The number of carbonyl (C=O) groups excluding carboxylic acids is 2. The fourth-order valence-electron chi connectivity index (χ4n) is 4.82. The molecule has 1 aliphatic heterocycles. The van der Waals surface area contributed by atoms with Gasteiger partial charge in [0.2, 0.25) is 0 Å². The van der Waals surface area contributed by atoms with E-state index in [9.17, 15) is 9.59 Å². The molecule has 3 aliphatic rings. The molecule has 124 valence electrons. The molecule has 1 saturated heterocycles. The topological polar surface area (TPSA) is 71.1 Å². The molecule has 2 aliphatic carbocycles. The molecule has 4 unspecified atom stereocenters. The lowest BCUT2D eigenvalue weighted by molar-refractivity contribution is -0.154. The van der Waals surface area contributed by atoms with E-state index in [1.54, 1.807) is 0 Å². The van der Waals surface area contributed by atoms with Crippen molar-refractivity contribution in [3.63, 3.8) is 0 Å². The summed E-state index contributed by atoms with van der Waals surface area (Å²) < 4.78 is 23.0. The minimum Gasteiger partial charge on any atom is -0.393 e. The molecule has 0 aromatic carbocycles. The molecule has 7 heteroatoms. The first-order chi connectivity index (χ1) is 10.6. The van der Waals surface area contributed by atoms with Crippen LogP contribution < -0.4 is 0 Å². The highest BCUT2D eigenvalue weighted by Crippen LogP contribution is 2.65. The third kappa shape index (κ3) is 2.17. The lowest BCUT2D eigenvalue weighted by Crippen LogP contribution is -2.52. The van der Waals surface area contributed by atoms with Crippen molar-refractivity contribution in [1.82, 2.24) is 0 Å². The van der Waals surface area contributed by atoms with E-state index in [0.29, 0.717) is 19.8 Å². The Bertz CT molecular complexity index is 422. The number of rotatable bonds is 7. The van der Waals surface area contributed by atoms with Gasteiger partial charge in [0.05, 0.1) is 11.8 Å². The second-order valence-corrected chi connectivity index (χ2v) is 8.86. The molecule has 0 N–H and O–H groups in total. The van der Waals surface area contributed by atoms with Crippen molar-refractivity contribution >= 4 is 20.7 Å². The summed E-state index contributed by atoms with van der Waals surface area (Å²) in [6.07, 6.45) is 1.84. The fraction of sp³-hybridized carbons (Fsp3) is 0.867. The summed E-state index contributed by atoms with van der Waals surface area (Å²) in [6, 6.07) is 0. The van der Waals surface area contributed by atoms with Gasteiger partial charge < -0.3 is 18.0 Å². The van der Waals surface area contributed by atoms with E-state index in [1.165, 1.54) is 0 Å². The van der Waals surface area contributed by atoms with E-state index in [1.807, 2.05) is 20.8 Å². The zero-order valence-electron chi connectivity index (χ0n) is 13.4. The third-order valence-electron chi connectivity index (χ3n) is 5.26. The molecular formula is C15H24O6Si. The first-order valence-corrected chi connectivity index (χ1v) is 10.1. The van der Waals surface area contributed by atoms with E-state index in [4.69, 9.17) is 18.0 Å². The van der Waals surface area contributed by atoms with Gasteiger partial charge in [0.25, 0.3) is 0 Å². The predicted octanol–water partition coefficient (Wildman–Crippen LogP) is 1.76. The summed E-state index contributed by atoms with van der Waals surface area (Å²) in [7, 11) is -2.91. The Morgan fingerprint density at radius 3 is 1.68 bits per heavy atom. The van der Waals surface area contributed by atoms with Gasteiger partial charge in [-0.1, -0.05) is 0 Å². The fourth-order valence-corrected chi connectivity index (χ4v) is 8.65. The number of ether oxygens (including phenoxy) is 1. The minimum absolute atomic E-state index is 0.0409. The molecule has 0 aromatic heterocycles. The largest absolute Gasteiger partial charge is 0.504 e. The molecule has 4 atom stereocenters. The van der Waals surface area contributed by atoms with Crippen LogP contribution in [0.25, 0.3) is 0 Å². The van der Waals surface area contributed by atoms with Crippen LogP contribution in [-0.4, -0.2) is 40.6 Å². The van der Waals surface area contributed by atoms with Gasteiger partial charge in [-0.25, -0.2) is 0 Å². The maximum Gasteiger partial charge on any atom is 0.504 e. The molecule has 3 rings (SSSR count). The quantitative estimate of drug-likeness (QED) is 0.403. The first-order valence-electron chi connectivity index (χ1n) is 8.27. The van der Waals surface area contributed by atoms with Gasteiger partial charge >= 0.3 is 20.7 Å². The molecule has 22 heavy (non-hydrogen) atoms. The average Bonchev–Trinajstić information content (AvgIpc) is 3.11. The SMILES string of the molecule is CCO[Si](OCC)(OCC)C1C2CCC1C1C(=O)OC(=O)C21. The van der Waals surface area contributed by atoms with Crippen molar-refractivity contribution in [2.75, 3.05) is 19.8 Å². The van der Waals surface area contributed by atoms with Crippen LogP contribution >= 0.6 is 0 Å². The molecule has 0 spiro atoms. The zero-order chi connectivity index (χ0) is 15.9. The van der Waals surface area contributed by atoms with Crippen molar-refractivity contribution in [2.45, 2.75) is 39.2 Å². The molecule has 0 amide bonds. The van der Waals surface area contributed by atoms with E-state index in [0.717, 1.165) is 12.8 Å². The summed E-state index contributed by atoms with van der Waals surface area (Å²) in [4.78, 5) is 24.1. The third-order valence-corrected chi connectivity index (χ3v) is 9.00. The number of esters is 2. The van der Waals surface area contributed by atoms with Gasteiger partial charge in [-0.2, -0.15) is 0 Å². The van der Waals surface area contributed by atoms with Crippen molar-refractivity contribution in [3.8, 4) is 0 Å². The van der Waals surface area contributed by atoms with Crippen LogP contribution in [0, 0.1) is 23.7 Å². The van der Waals surface area contributed by atoms with Crippen LogP contribution in [0.3, 0.4) is 0 Å². The molecule has 3 fully saturated rings. The van der Waals surface area contributed by atoms with Gasteiger partial charge in [0.15, 0.2) is 0 Å². The zero-order valence-corrected chi connectivity index (χ0v) is 14.4. The lowest BCUT2D eigenvalue weighted by atomic mass is 9.81. The number of hydrogen-bond donors (Lipinski definition) is 0. The van der Waals surface area contributed by atoms with E-state index >= 15 is 0 Å². The molecule has 2 bridgehead atoms. The Balaban J connectivity index is 1.95. The summed E-state index contributed by atoms with van der Waals surface area (Å²) in [5.41, 5.74) is 0.0409. The molecule has 2 saturated carbocycles. The highest BCUT2D eigenvalue weighted by molar-refractivity contribution is 6.63. The van der Waals surface area contributed by atoms with Gasteiger partial charge in [-0.3, -0.25) is 9.59 Å². The Labute approximate surface area is 131 Å². The van der Waals surface area contributed by atoms with Crippen LogP contribution in [0.1, 0.15) is 33.6 Å². The van der Waals surface area contributed by atoms with Crippen LogP contribution in [0.15, 0.2) is 0 Å². The number of fused-ring (bicyclic) bond motifs is 5. The van der Waals surface area contributed by atoms with Gasteiger partial charge in [-0.15, -0.1) is 0 Å². The van der Waals surface area contributed by atoms with Crippen LogP contribution in [0.5, 0.6) is 0 Å². The smallest absolute Gasteiger partial charge is 0.393 e. The summed E-state index contributed by atoms with van der Waals surface area (Å²) >= 11 is 0. The van der Waals surface area contributed by atoms with Crippen LogP contribution in [0.2, 0.25) is 5.54 Å². The van der Waals surface area contributed by atoms with E-state index in [-0.39, 0.29) is 41.2 Å². The highest BCUT2D eigenvalue weighted by Gasteiger charge is 2.72. The summed E-state index contributed by atoms with van der Waals surface area (Å²) in [5, 5.41) is 0. The van der Waals surface area contributed by atoms with E-state index < -0.39 is 8.80 Å². The standard InChI is InChI=1S/C15H24O6Si/c1-4-18-22(19-5-2,20-6-3)13-9-7-8-10(13)12-11(9)14(16)21-15(12)17/h9-13H,4-8H2,1-3H3. The van der Waals surface area contributed by atoms with Gasteiger partial charge in [-0.05, 0) is 45.4 Å². The van der Waals surface area contributed by atoms with Crippen molar-refractivity contribution in [3.05, 3.63) is 0 Å². The van der Waals surface area contributed by atoms with Gasteiger partial charge in [0.1, 0.15) is 0 Å². The minimum atomic E-state index is -2.91. The predicted molar refractivity (Wildman–Crippen MR) is 78.7 cm³/mol. The molecule has 1 heterocycles. The van der Waals surface area contributed by atoms with Gasteiger partial charge in [0, 0.05) is 25.4 Å². The highest BCUT2D eigenvalue weighted by atomic mass is 28.4. The molecule has 0 radical (unpaired) electrons. The second kappa shape index (κ2) is 6.03. The maximum absolute atomic E-state index is 12.1. The summed E-state index contributed by atoms with van der Waals surface area (Å²) in [6.45, 7) is 7.31. The van der Waals surface area contributed by atoms with Crippen molar-refractivity contribution in [1.29, 1.82) is 0 Å². The first kappa shape index (κ1) is 16.1. The Morgan fingerprint density at radius 2 is 1.32 bits per heavy atom. The maximum atomic E-state index is 12.1. The molecular weight excluding hydrogens is 304 g/mol. The Hall–Kier alpha value is -0.763. The van der Waals surface area contributed by atoms with Crippen LogP contribution in [-0.2, 0) is 27.6 Å². The second-order valence-electron chi connectivity index (χ2n) is 6.13. The number of carbonyl (C=O) groups is 2. The van der Waals surface area contributed by atoms with Crippen molar-refractivity contribution in [2.24, 2.45) is 23.7 Å². The van der Waals surface area contributed by atoms with Crippen molar-refractivity contribution < 1.29 is 27.6 Å².